The fourth-order valence-corrected chi connectivity index (χ4v) is 4.98. The number of anilines is 1. The number of amides is 2. The highest BCUT2D eigenvalue weighted by Crippen LogP contribution is 2.33. The summed E-state index contributed by atoms with van der Waals surface area (Å²) in [6.45, 7) is 2.81. The van der Waals surface area contributed by atoms with Crippen LogP contribution in [0.15, 0.2) is 28.1 Å². The number of carbonyl (C=O) groups is 2. The van der Waals surface area contributed by atoms with E-state index in [1.165, 1.54) is 22.7 Å². The monoisotopic (exact) mass is 436 g/mol. The molecule has 1 saturated heterocycles. The lowest BCUT2D eigenvalue weighted by Gasteiger charge is -2.30. The summed E-state index contributed by atoms with van der Waals surface area (Å²) < 4.78 is 5.65. The predicted molar refractivity (Wildman–Crippen MR) is 109 cm³/mol. The van der Waals surface area contributed by atoms with Gasteiger partial charge in [0.05, 0.1) is 9.21 Å². The first-order valence-corrected chi connectivity index (χ1v) is 10.8. The molecule has 2 amide bonds. The number of thiophene rings is 1. The van der Waals surface area contributed by atoms with Crippen LogP contribution in [0.2, 0.25) is 4.34 Å². The van der Waals surface area contributed by atoms with Crippen LogP contribution in [0.1, 0.15) is 29.1 Å². The molecular formula is C18H17ClN4O3S2. The van der Waals surface area contributed by atoms with Crippen LogP contribution in [0.3, 0.4) is 0 Å². The number of hydrogen-bond donors (Lipinski definition) is 1. The standard InChI is InChI=1S/C18H17ClN4O3S2/c1-10-8-15(22-26-10)21-16(24)11-4-6-23(7-5-11)18(25)12-9-27-17(20-12)13-2-3-14(19)28-13/h2-3,8-9,11H,4-7H2,1H3,(H,21,22,24). The molecular weight excluding hydrogens is 420 g/mol. The van der Waals surface area contributed by atoms with E-state index in [2.05, 4.69) is 15.5 Å². The van der Waals surface area contributed by atoms with Gasteiger partial charge in [0.1, 0.15) is 16.5 Å². The zero-order chi connectivity index (χ0) is 19.7. The van der Waals surface area contributed by atoms with Crippen LogP contribution in [-0.4, -0.2) is 39.9 Å². The van der Waals surface area contributed by atoms with Crippen molar-refractivity contribution in [3.63, 3.8) is 0 Å². The van der Waals surface area contributed by atoms with Crippen LogP contribution < -0.4 is 5.32 Å². The lowest BCUT2D eigenvalue weighted by atomic mass is 9.95. The first-order valence-electron chi connectivity index (χ1n) is 8.74. The van der Waals surface area contributed by atoms with Crippen molar-refractivity contribution in [1.82, 2.24) is 15.0 Å². The molecule has 146 valence electrons. The third-order valence-corrected chi connectivity index (χ3v) is 6.78. The predicted octanol–water partition coefficient (Wildman–Crippen LogP) is 4.31. The fraction of sp³-hybridized carbons (Fsp3) is 0.333. The zero-order valence-corrected chi connectivity index (χ0v) is 17.4. The minimum atomic E-state index is -0.152. The summed E-state index contributed by atoms with van der Waals surface area (Å²) in [7, 11) is 0. The number of nitrogens with one attached hydrogen (secondary N) is 1. The highest BCUT2D eigenvalue weighted by Gasteiger charge is 2.29. The second-order valence-electron chi connectivity index (χ2n) is 6.52. The van der Waals surface area contributed by atoms with Gasteiger partial charge in [-0.3, -0.25) is 9.59 Å². The lowest BCUT2D eigenvalue weighted by molar-refractivity contribution is -0.121. The van der Waals surface area contributed by atoms with Crippen molar-refractivity contribution >= 4 is 51.9 Å². The van der Waals surface area contributed by atoms with E-state index in [1.54, 1.807) is 23.3 Å². The molecule has 0 radical (unpaired) electrons. The Balaban J connectivity index is 1.34. The number of aromatic nitrogens is 2. The molecule has 1 N–H and O–H groups in total. The molecule has 0 aromatic carbocycles. The number of nitrogens with zero attached hydrogens (tertiary/aromatic N) is 3. The Morgan fingerprint density at radius 1 is 1.32 bits per heavy atom. The van der Waals surface area contributed by atoms with E-state index < -0.39 is 0 Å². The molecule has 10 heteroatoms. The lowest BCUT2D eigenvalue weighted by Crippen LogP contribution is -2.41. The third-order valence-electron chi connectivity index (χ3n) is 4.54. The average molecular weight is 437 g/mol. The summed E-state index contributed by atoms with van der Waals surface area (Å²) in [6.07, 6.45) is 1.21. The summed E-state index contributed by atoms with van der Waals surface area (Å²) in [5, 5.41) is 9.10. The molecule has 0 unspecified atom stereocenters. The van der Waals surface area contributed by atoms with Gasteiger partial charge >= 0.3 is 0 Å². The van der Waals surface area contributed by atoms with E-state index in [-0.39, 0.29) is 17.7 Å². The Labute approximate surface area is 174 Å². The first-order chi connectivity index (χ1) is 13.5. The summed E-state index contributed by atoms with van der Waals surface area (Å²) in [5.74, 6) is 0.718. The molecule has 0 spiro atoms. The van der Waals surface area contributed by atoms with E-state index in [9.17, 15) is 9.59 Å². The van der Waals surface area contributed by atoms with Gasteiger partial charge in [-0.05, 0) is 31.9 Å². The van der Waals surface area contributed by atoms with Gasteiger partial charge in [-0.2, -0.15) is 0 Å². The number of hydrogen-bond acceptors (Lipinski definition) is 7. The molecule has 0 atom stereocenters. The Morgan fingerprint density at radius 3 is 2.75 bits per heavy atom. The fourth-order valence-electron chi connectivity index (χ4n) is 3.07. The van der Waals surface area contributed by atoms with Crippen LogP contribution in [-0.2, 0) is 4.79 Å². The summed E-state index contributed by atoms with van der Waals surface area (Å²) in [4.78, 5) is 32.3. The van der Waals surface area contributed by atoms with Crippen LogP contribution in [0.4, 0.5) is 5.82 Å². The third kappa shape index (κ3) is 4.11. The maximum absolute atomic E-state index is 12.7. The number of rotatable bonds is 4. The van der Waals surface area contributed by atoms with Crippen molar-refractivity contribution in [2.24, 2.45) is 5.92 Å². The van der Waals surface area contributed by atoms with Gasteiger partial charge in [-0.25, -0.2) is 4.98 Å². The highest BCUT2D eigenvalue weighted by molar-refractivity contribution is 7.23. The van der Waals surface area contributed by atoms with Gasteiger partial charge in [0.25, 0.3) is 5.91 Å². The van der Waals surface area contributed by atoms with Crippen LogP contribution in [0.25, 0.3) is 9.88 Å². The van der Waals surface area contributed by atoms with Gasteiger partial charge in [0, 0.05) is 30.5 Å². The molecule has 1 aliphatic heterocycles. The van der Waals surface area contributed by atoms with Crippen LogP contribution in [0.5, 0.6) is 0 Å². The van der Waals surface area contributed by atoms with Crippen molar-refractivity contribution in [1.29, 1.82) is 0 Å². The molecule has 0 saturated carbocycles. The zero-order valence-electron chi connectivity index (χ0n) is 15.0. The Morgan fingerprint density at radius 2 is 2.11 bits per heavy atom. The summed E-state index contributed by atoms with van der Waals surface area (Å²) >= 11 is 8.84. The molecule has 3 aromatic heterocycles. The van der Waals surface area contributed by atoms with Crippen LogP contribution in [0, 0.1) is 12.8 Å². The largest absolute Gasteiger partial charge is 0.360 e. The van der Waals surface area contributed by atoms with Crippen molar-refractivity contribution < 1.29 is 14.1 Å². The van der Waals surface area contributed by atoms with Gasteiger partial charge in [-0.1, -0.05) is 16.8 Å². The molecule has 1 fully saturated rings. The summed E-state index contributed by atoms with van der Waals surface area (Å²) in [6, 6.07) is 5.40. The molecule has 0 bridgehead atoms. The van der Waals surface area contributed by atoms with Gasteiger partial charge in [-0.15, -0.1) is 22.7 Å². The quantitative estimate of drug-likeness (QED) is 0.658. The Hall–Kier alpha value is -2.23. The van der Waals surface area contributed by atoms with Crippen molar-refractivity contribution in [3.8, 4) is 9.88 Å². The van der Waals surface area contributed by atoms with E-state index in [0.717, 1.165) is 9.88 Å². The smallest absolute Gasteiger partial charge is 0.273 e. The Kier molecular flexibility index (Phi) is 5.47. The van der Waals surface area contributed by atoms with Crippen molar-refractivity contribution in [3.05, 3.63) is 39.4 Å². The van der Waals surface area contributed by atoms with Gasteiger partial charge in [0.15, 0.2) is 5.82 Å². The molecule has 1 aliphatic rings. The topological polar surface area (TPSA) is 88.3 Å². The SMILES string of the molecule is Cc1cc(NC(=O)C2CCN(C(=O)c3csc(-c4ccc(Cl)s4)n3)CC2)no1. The van der Waals surface area contributed by atoms with Gasteiger partial charge < -0.3 is 14.7 Å². The van der Waals surface area contributed by atoms with Gasteiger partial charge in [0.2, 0.25) is 5.91 Å². The molecule has 4 heterocycles. The number of halogens is 1. The minimum absolute atomic E-state index is 0.0917. The molecule has 3 aromatic rings. The maximum Gasteiger partial charge on any atom is 0.273 e. The van der Waals surface area contributed by atoms with E-state index in [4.69, 9.17) is 16.1 Å². The maximum atomic E-state index is 12.7. The number of likely N-dealkylation sites (tertiary alicyclic amines) is 1. The first kappa shape index (κ1) is 19.1. The molecule has 7 nitrogen and oxygen atoms in total. The highest BCUT2D eigenvalue weighted by atomic mass is 35.5. The minimum Gasteiger partial charge on any atom is -0.360 e. The Bertz CT molecular complexity index is 1000. The van der Waals surface area contributed by atoms with E-state index >= 15 is 0 Å². The second kappa shape index (κ2) is 8.02. The summed E-state index contributed by atoms with van der Waals surface area (Å²) in [5.41, 5.74) is 0.436. The van der Waals surface area contributed by atoms with Crippen molar-refractivity contribution in [2.45, 2.75) is 19.8 Å². The number of thiazole rings is 1. The number of piperidine rings is 1. The van der Waals surface area contributed by atoms with Crippen LogP contribution >= 0.6 is 34.3 Å². The number of carbonyl (C=O) groups excluding carboxylic acids is 2. The van der Waals surface area contributed by atoms with Crippen molar-refractivity contribution in [2.75, 3.05) is 18.4 Å². The second-order valence-corrected chi connectivity index (χ2v) is 9.09. The van der Waals surface area contributed by atoms with E-state index in [0.29, 0.717) is 47.5 Å². The van der Waals surface area contributed by atoms with E-state index in [1.807, 2.05) is 12.1 Å². The molecule has 0 aliphatic carbocycles. The molecule has 28 heavy (non-hydrogen) atoms. The average Bonchev–Trinajstić information content (AvgIpc) is 3.42. The number of aryl methyl sites for hydroxylation is 1. The molecule has 4 rings (SSSR count). The normalized spacial score (nSPS) is 15.0.